The Morgan fingerprint density at radius 2 is 1.91 bits per heavy atom. The molecule has 8 heteroatoms. The van der Waals surface area contributed by atoms with E-state index in [1.807, 2.05) is 62.1 Å². The number of benzene rings is 1. The van der Waals surface area contributed by atoms with Crippen LogP contribution in [0.3, 0.4) is 0 Å². The molecule has 0 spiro atoms. The van der Waals surface area contributed by atoms with E-state index in [0.29, 0.717) is 23.5 Å². The maximum atomic E-state index is 13.6. The lowest BCUT2D eigenvalue weighted by Gasteiger charge is -2.19. The number of aryl methyl sites for hydroxylation is 2. The third kappa shape index (κ3) is 3.73. The topological polar surface area (TPSA) is 92.6 Å². The van der Waals surface area contributed by atoms with Crippen LogP contribution >= 0.6 is 0 Å². The summed E-state index contributed by atoms with van der Waals surface area (Å²) in [6, 6.07) is 9.69. The van der Waals surface area contributed by atoms with Gasteiger partial charge in [-0.3, -0.25) is 14.5 Å². The third-order valence-corrected chi connectivity index (χ3v) is 6.02. The maximum absolute atomic E-state index is 13.6. The van der Waals surface area contributed by atoms with Crippen LogP contribution in [0.25, 0.3) is 33.3 Å². The van der Waals surface area contributed by atoms with Crippen molar-refractivity contribution < 1.29 is 4.79 Å². The van der Waals surface area contributed by atoms with Crippen LogP contribution in [-0.2, 0) is 13.1 Å². The number of aromatic nitrogens is 6. The molecule has 0 unspecified atom stereocenters. The van der Waals surface area contributed by atoms with Crippen molar-refractivity contribution >= 4 is 27.8 Å². The lowest BCUT2D eigenvalue weighted by molar-refractivity contribution is 0.0787. The molecule has 1 N–H and O–H groups in total. The molecule has 0 saturated carbocycles. The second kappa shape index (κ2) is 8.12. The molecule has 0 atom stereocenters. The number of nitrogens with zero attached hydrogens (tertiary/aromatic N) is 6. The number of hydrogen-bond donors (Lipinski definition) is 1. The number of pyridine rings is 2. The molecule has 0 aliphatic carbocycles. The summed E-state index contributed by atoms with van der Waals surface area (Å²) in [4.78, 5) is 32.1. The number of carbonyl (C=O) groups excluding carboxylic acids is 1. The van der Waals surface area contributed by atoms with Gasteiger partial charge in [-0.2, -0.15) is 5.10 Å². The molecule has 1 amide bonds. The van der Waals surface area contributed by atoms with E-state index < -0.39 is 0 Å². The molecule has 0 fully saturated rings. The van der Waals surface area contributed by atoms with Crippen LogP contribution in [0.4, 0.5) is 0 Å². The zero-order valence-electron chi connectivity index (χ0n) is 19.1. The molecular weight excluding hydrogens is 414 g/mol. The summed E-state index contributed by atoms with van der Waals surface area (Å²) in [5, 5.41) is 5.24. The Balaban J connectivity index is 1.58. The quantitative estimate of drug-likeness (QED) is 0.441. The normalized spacial score (nSPS) is 11.4. The second-order valence-electron chi connectivity index (χ2n) is 8.30. The number of imidazole rings is 1. The summed E-state index contributed by atoms with van der Waals surface area (Å²) in [5.74, 6) is -0.0706. The van der Waals surface area contributed by atoms with Crippen LogP contribution in [0.15, 0.2) is 49.1 Å². The number of aromatic amines is 1. The first kappa shape index (κ1) is 20.8. The number of carbonyl (C=O) groups is 1. The van der Waals surface area contributed by atoms with Gasteiger partial charge in [0.1, 0.15) is 0 Å². The van der Waals surface area contributed by atoms with Gasteiger partial charge >= 0.3 is 0 Å². The third-order valence-electron chi connectivity index (χ3n) is 6.02. The highest BCUT2D eigenvalue weighted by Crippen LogP contribution is 2.27. The van der Waals surface area contributed by atoms with Gasteiger partial charge in [-0.25, -0.2) is 9.97 Å². The highest BCUT2D eigenvalue weighted by atomic mass is 16.2. The van der Waals surface area contributed by atoms with Gasteiger partial charge in [0.25, 0.3) is 5.91 Å². The molecule has 8 nitrogen and oxygen atoms in total. The van der Waals surface area contributed by atoms with Gasteiger partial charge in [0.15, 0.2) is 0 Å². The zero-order chi connectivity index (χ0) is 23.1. The minimum Gasteiger partial charge on any atom is -0.343 e. The standard InChI is InChI=1S/C25H25N7O/c1-5-32-16(3)17(11-29-32)13-31(4)25(33)19-9-23(30-20-7-6-15(2)8-18(19)20)21-10-22-24(12-26-21)28-14-27-22/h6-12,14H,5,13H2,1-4H3,(H,27,28). The fraction of sp³-hybridized carbons (Fsp3) is 0.240. The van der Waals surface area contributed by atoms with E-state index in [0.717, 1.165) is 45.3 Å². The smallest absolute Gasteiger partial charge is 0.254 e. The van der Waals surface area contributed by atoms with E-state index in [-0.39, 0.29) is 5.91 Å². The molecule has 5 rings (SSSR count). The zero-order valence-corrected chi connectivity index (χ0v) is 19.1. The largest absolute Gasteiger partial charge is 0.343 e. The van der Waals surface area contributed by atoms with Crippen molar-refractivity contribution in [2.24, 2.45) is 0 Å². The molecular formula is C25H25N7O. The number of fused-ring (bicyclic) bond motifs is 2. The van der Waals surface area contributed by atoms with Crippen molar-refractivity contribution in [3.8, 4) is 11.4 Å². The lowest BCUT2D eigenvalue weighted by Crippen LogP contribution is -2.27. The number of nitrogens with one attached hydrogen (secondary N) is 1. The molecule has 4 aromatic heterocycles. The monoisotopic (exact) mass is 439 g/mol. The molecule has 0 aliphatic rings. The molecule has 0 radical (unpaired) electrons. The van der Waals surface area contributed by atoms with Crippen molar-refractivity contribution in [1.29, 1.82) is 0 Å². The Morgan fingerprint density at radius 1 is 1.06 bits per heavy atom. The van der Waals surface area contributed by atoms with Gasteiger partial charge in [-0.05, 0) is 45.0 Å². The summed E-state index contributed by atoms with van der Waals surface area (Å²) < 4.78 is 1.94. The van der Waals surface area contributed by atoms with Gasteiger partial charge in [-0.1, -0.05) is 11.6 Å². The summed E-state index contributed by atoms with van der Waals surface area (Å²) in [7, 11) is 1.82. The van der Waals surface area contributed by atoms with Crippen molar-refractivity contribution in [2.45, 2.75) is 33.9 Å². The van der Waals surface area contributed by atoms with Gasteiger partial charge < -0.3 is 9.88 Å². The minimum atomic E-state index is -0.0706. The number of H-pyrrole nitrogens is 1. The molecule has 166 valence electrons. The Morgan fingerprint density at radius 3 is 2.70 bits per heavy atom. The summed E-state index contributed by atoms with van der Waals surface area (Å²) in [6.45, 7) is 7.38. The molecule has 4 heterocycles. The van der Waals surface area contributed by atoms with Crippen LogP contribution < -0.4 is 0 Å². The number of hydrogen-bond acceptors (Lipinski definition) is 5. The van der Waals surface area contributed by atoms with Crippen LogP contribution in [0.5, 0.6) is 0 Å². The summed E-state index contributed by atoms with van der Waals surface area (Å²) in [5.41, 5.74) is 7.52. The van der Waals surface area contributed by atoms with Gasteiger partial charge in [0, 0.05) is 36.8 Å². The van der Waals surface area contributed by atoms with E-state index in [1.54, 1.807) is 17.4 Å². The molecule has 5 aromatic rings. The average molecular weight is 440 g/mol. The lowest BCUT2D eigenvalue weighted by atomic mass is 10.0. The highest BCUT2D eigenvalue weighted by molar-refractivity contribution is 6.07. The molecule has 1 aromatic carbocycles. The minimum absolute atomic E-state index is 0.0706. The van der Waals surface area contributed by atoms with Crippen LogP contribution in [0.2, 0.25) is 0 Å². The molecule has 0 saturated heterocycles. The fourth-order valence-electron chi connectivity index (χ4n) is 4.11. The van der Waals surface area contributed by atoms with Crippen LogP contribution in [-0.4, -0.2) is 47.6 Å². The van der Waals surface area contributed by atoms with Crippen molar-refractivity contribution in [2.75, 3.05) is 7.05 Å². The van der Waals surface area contributed by atoms with Gasteiger partial charge in [-0.15, -0.1) is 0 Å². The Labute approximate surface area is 191 Å². The first-order valence-corrected chi connectivity index (χ1v) is 10.9. The van der Waals surface area contributed by atoms with Crippen LogP contribution in [0, 0.1) is 13.8 Å². The Kier molecular flexibility index (Phi) is 5.12. The fourth-order valence-corrected chi connectivity index (χ4v) is 4.11. The molecule has 33 heavy (non-hydrogen) atoms. The van der Waals surface area contributed by atoms with E-state index in [9.17, 15) is 4.79 Å². The van der Waals surface area contributed by atoms with E-state index in [1.165, 1.54) is 0 Å². The average Bonchev–Trinajstić information content (AvgIpc) is 3.43. The Bertz CT molecular complexity index is 1500. The predicted octanol–water partition coefficient (Wildman–Crippen LogP) is 4.28. The maximum Gasteiger partial charge on any atom is 0.254 e. The van der Waals surface area contributed by atoms with E-state index in [4.69, 9.17) is 4.98 Å². The van der Waals surface area contributed by atoms with E-state index >= 15 is 0 Å². The number of rotatable bonds is 5. The van der Waals surface area contributed by atoms with Crippen LogP contribution in [0.1, 0.15) is 34.1 Å². The van der Waals surface area contributed by atoms with Crippen molar-refractivity contribution in [3.63, 3.8) is 0 Å². The predicted molar refractivity (Wildman–Crippen MR) is 128 cm³/mol. The van der Waals surface area contributed by atoms with Crippen molar-refractivity contribution in [1.82, 2.24) is 34.6 Å². The summed E-state index contributed by atoms with van der Waals surface area (Å²) in [6.07, 6.45) is 5.21. The molecule has 0 aliphatic heterocycles. The Hall–Kier alpha value is -4.07. The number of amides is 1. The first-order chi connectivity index (χ1) is 15.9. The highest BCUT2D eigenvalue weighted by Gasteiger charge is 2.20. The van der Waals surface area contributed by atoms with E-state index in [2.05, 4.69) is 27.0 Å². The molecule has 0 bridgehead atoms. The first-order valence-electron chi connectivity index (χ1n) is 10.9. The second-order valence-corrected chi connectivity index (χ2v) is 8.30. The van der Waals surface area contributed by atoms with Gasteiger partial charge in [0.05, 0.1) is 52.2 Å². The SMILES string of the molecule is CCn1ncc(CN(C)C(=O)c2cc(-c3cc4nc[nH]c4cn3)nc3ccc(C)cc23)c1C. The van der Waals surface area contributed by atoms with Gasteiger partial charge in [0.2, 0.25) is 0 Å². The summed E-state index contributed by atoms with van der Waals surface area (Å²) >= 11 is 0. The van der Waals surface area contributed by atoms with Crippen molar-refractivity contribution in [3.05, 3.63) is 71.4 Å².